The van der Waals surface area contributed by atoms with Crippen molar-refractivity contribution in [3.05, 3.63) is 0 Å². The summed E-state index contributed by atoms with van der Waals surface area (Å²) in [5, 5.41) is 9.91. The molecule has 0 aliphatic heterocycles. The molecule has 0 fully saturated rings. The maximum Gasteiger partial charge on any atom is 0.157 e. The first-order chi connectivity index (χ1) is 3.18. The molecule has 3 N–H and O–H groups in total. The largest absolute Gasteiger partial charge is 0.322 e. The van der Waals surface area contributed by atoms with E-state index < -0.39 is 0 Å². The Kier molecular flexibility index (Phi) is 3.19. The minimum atomic E-state index is 0.148. The van der Waals surface area contributed by atoms with Crippen molar-refractivity contribution in [2.45, 2.75) is 0 Å². The molecule has 40 valence electrons. The average Bonchev–Trinajstić information content (AvgIpc) is 1.65. The predicted octanol–water partition coefficient (Wildman–Crippen LogP) is 1.03. The van der Waals surface area contributed by atoms with E-state index in [4.69, 9.17) is 11.3 Å². The van der Waals surface area contributed by atoms with Crippen molar-refractivity contribution >= 4 is 41.1 Å². The zero-order valence-corrected chi connectivity index (χ0v) is 6.45. The quantitative estimate of drug-likeness (QED) is 0.393. The highest BCUT2D eigenvalue weighted by Gasteiger charge is 1.93. The molecule has 0 unspecified atom stereocenters. The van der Waals surface area contributed by atoms with Crippen LogP contribution in [0.3, 0.4) is 0 Å². The lowest BCUT2D eigenvalue weighted by Crippen LogP contribution is -1.98. The van der Waals surface area contributed by atoms with Gasteiger partial charge in [0.15, 0.2) is 4.62 Å². The Hall–Kier alpha value is 0.1000. The van der Waals surface area contributed by atoms with Crippen LogP contribution in [0.4, 0.5) is 0 Å². The Bertz CT molecular complexity index is 108. The number of hydrazone groups is 1. The molecule has 0 aliphatic carbocycles. The first-order valence-corrected chi connectivity index (χ1v) is 2.95. The van der Waals surface area contributed by atoms with Crippen LogP contribution in [0.15, 0.2) is 5.10 Å². The molecule has 7 heavy (non-hydrogen) atoms. The number of halogens is 2. The maximum absolute atomic E-state index is 6.76. The zero-order valence-electron chi connectivity index (χ0n) is 3.28. The fourth-order valence-corrected chi connectivity index (χ4v) is 0.159. The van der Waals surface area contributed by atoms with Gasteiger partial charge in [-0.25, -0.2) is 0 Å². The third kappa shape index (κ3) is 2.76. The Balaban J connectivity index is 3.82. The molecule has 0 aromatic carbocycles. The molecule has 0 bridgehead atoms. The van der Waals surface area contributed by atoms with E-state index in [1.54, 1.807) is 0 Å². The van der Waals surface area contributed by atoms with Crippen LogP contribution in [0.2, 0.25) is 0 Å². The van der Waals surface area contributed by atoms with Crippen LogP contribution in [0, 0.1) is 5.41 Å². The first kappa shape index (κ1) is 7.10. The predicted molar refractivity (Wildman–Crippen MR) is 37.2 cm³/mol. The van der Waals surface area contributed by atoms with Crippen LogP contribution in [0.1, 0.15) is 0 Å². The van der Waals surface area contributed by atoms with Gasteiger partial charge in [-0.05, 0) is 31.9 Å². The summed E-state index contributed by atoms with van der Waals surface area (Å²) in [4.78, 5) is 0. The van der Waals surface area contributed by atoms with E-state index in [0.29, 0.717) is 4.62 Å². The van der Waals surface area contributed by atoms with Gasteiger partial charge in [0.05, 0.1) is 0 Å². The second kappa shape index (κ2) is 3.15. The van der Waals surface area contributed by atoms with Gasteiger partial charge in [-0.15, -0.1) is 0 Å². The molecule has 0 heterocycles. The summed E-state index contributed by atoms with van der Waals surface area (Å²) >= 11 is 5.72. The Morgan fingerprint density at radius 3 is 2.00 bits per heavy atom. The summed E-state index contributed by atoms with van der Waals surface area (Å²) < 4.78 is 0.461. The highest BCUT2D eigenvalue weighted by atomic mass is 79.9. The molecule has 0 atom stereocenters. The Morgan fingerprint density at radius 2 is 2.00 bits per heavy atom. The van der Waals surface area contributed by atoms with Crippen molar-refractivity contribution in [3.8, 4) is 0 Å². The lowest BCUT2D eigenvalue weighted by molar-refractivity contribution is 1.27. The topological polar surface area (TPSA) is 62.2 Å². The molecule has 0 aliphatic rings. The number of hydrogen-bond acceptors (Lipinski definition) is 3. The SMILES string of the molecule is N=C(Br)/C(Br)=N\N. The van der Waals surface area contributed by atoms with Crippen LogP contribution in [-0.2, 0) is 0 Å². The molecule has 0 aromatic heterocycles. The van der Waals surface area contributed by atoms with Crippen molar-refractivity contribution in [3.63, 3.8) is 0 Å². The average molecular weight is 229 g/mol. The molecule has 0 saturated heterocycles. The van der Waals surface area contributed by atoms with Gasteiger partial charge in [-0.3, -0.25) is 5.41 Å². The van der Waals surface area contributed by atoms with Gasteiger partial charge in [0.25, 0.3) is 0 Å². The zero-order chi connectivity index (χ0) is 5.86. The van der Waals surface area contributed by atoms with Crippen LogP contribution in [0.25, 0.3) is 0 Å². The number of rotatable bonds is 1. The van der Waals surface area contributed by atoms with Crippen LogP contribution in [-0.4, -0.2) is 9.24 Å². The fraction of sp³-hybridized carbons (Fsp3) is 0. The number of hydrogen-bond donors (Lipinski definition) is 2. The summed E-state index contributed by atoms with van der Waals surface area (Å²) in [6.45, 7) is 0. The maximum atomic E-state index is 6.76. The van der Waals surface area contributed by atoms with Crippen molar-refractivity contribution < 1.29 is 0 Å². The van der Waals surface area contributed by atoms with Crippen LogP contribution in [0.5, 0.6) is 0 Å². The van der Waals surface area contributed by atoms with Gasteiger partial charge in [0.2, 0.25) is 0 Å². The van der Waals surface area contributed by atoms with E-state index in [0.717, 1.165) is 0 Å². The molecule has 3 nitrogen and oxygen atoms in total. The molecule has 0 rings (SSSR count). The second-order valence-corrected chi connectivity index (χ2v) is 2.28. The number of nitrogens with one attached hydrogen (secondary N) is 1. The van der Waals surface area contributed by atoms with Crippen LogP contribution < -0.4 is 5.84 Å². The first-order valence-electron chi connectivity index (χ1n) is 1.36. The van der Waals surface area contributed by atoms with Gasteiger partial charge in [-0.1, -0.05) is 0 Å². The van der Waals surface area contributed by atoms with E-state index in [-0.39, 0.29) is 4.62 Å². The molecular weight excluding hydrogens is 226 g/mol. The normalized spacial score (nSPS) is 11.4. The highest BCUT2D eigenvalue weighted by Crippen LogP contribution is 1.95. The van der Waals surface area contributed by atoms with Crippen LogP contribution >= 0.6 is 31.9 Å². The standard InChI is InChI=1S/C2H3Br2N3/c3-1(5)2(4)7-6/h5H,6H2/b5-1?,7-2+. The second-order valence-electron chi connectivity index (χ2n) is 0.734. The molecular formula is C2H3Br2N3. The van der Waals surface area contributed by atoms with Gasteiger partial charge in [0, 0.05) is 0 Å². The summed E-state index contributed by atoms with van der Waals surface area (Å²) in [7, 11) is 0. The fourth-order valence-electron chi connectivity index (χ4n) is 0.0567. The molecule has 0 spiro atoms. The van der Waals surface area contributed by atoms with Crippen molar-refractivity contribution in [2.75, 3.05) is 0 Å². The van der Waals surface area contributed by atoms with Crippen molar-refractivity contribution in [1.82, 2.24) is 0 Å². The minimum absolute atomic E-state index is 0.148. The lowest BCUT2D eigenvalue weighted by atomic mass is 10.8. The smallest absolute Gasteiger partial charge is 0.157 e. The van der Waals surface area contributed by atoms with E-state index in [2.05, 4.69) is 37.0 Å². The molecule has 0 saturated carbocycles. The lowest BCUT2D eigenvalue weighted by Gasteiger charge is -1.83. The third-order valence-electron chi connectivity index (χ3n) is 0.294. The van der Waals surface area contributed by atoms with E-state index in [1.165, 1.54) is 0 Å². The third-order valence-corrected chi connectivity index (χ3v) is 1.80. The van der Waals surface area contributed by atoms with E-state index >= 15 is 0 Å². The van der Waals surface area contributed by atoms with Gasteiger partial charge in [-0.2, -0.15) is 5.10 Å². The summed E-state index contributed by atoms with van der Waals surface area (Å²) in [5.41, 5.74) is 0. The summed E-state index contributed by atoms with van der Waals surface area (Å²) in [5.74, 6) is 4.74. The Morgan fingerprint density at radius 1 is 1.57 bits per heavy atom. The molecule has 0 radical (unpaired) electrons. The van der Waals surface area contributed by atoms with Gasteiger partial charge in [0.1, 0.15) is 4.62 Å². The molecule has 0 aromatic rings. The number of nitrogens with zero attached hydrogens (tertiary/aromatic N) is 1. The molecule has 0 amide bonds. The minimum Gasteiger partial charge on any atom is -0.322 e. The molecule has 5 heteroatoms. The van der Waals surface area contributed by atoms with Crippen molar-refractivity contribution in [2.24, 2.45) is 10.9 Å². The monoisotopic (exact) mass is 227 g/mol. The van der Waals surface area contributed by atoms with Gasteiger partial charge < -0.3 is 5.84 Å². The van der Waals surface area contributed by atoms with Gasteiger partial charge >= 0.3 is 0 Å². The van der Waals surface area contributed by atoms with Crippen molar-refractivity contribution in [1.29, 1.82) is 5.41 Å². The number of nitrogens with two attached hydrogens (primary N) is 1. The van der Waals surface area contributed by atoms with E-state index in [9.17, 15) is 0 Å². The highest BCUT2D eigenvalue weighted by molar-refractivity contribution is 9.24. The van der Waals surface area contributed by atoms with E-state index in [1.807, 2.05) is 0 Å². The Labute approximate surface area is 57.7 Å². The summed E-state index contributed by atoms with van der Waals surface area (Å²) in [6.07, 6.45) is 0. The summed E-state index contributed by atoms with van der Waals surface area (Å²) in [6, 6.07) is 0.